The molecule has 0 saturated heterocycles. The summed E-state index contributed by atoms with van der Waals surface area (Å²) in [6.07, 6.45) is 2.47. The van der Waals surface area contributed by atoms with E-state index in [1.54, 1.807) is 6.07 Å². The highest BCUT2D eigenvalue weighted by atomic mass is 19.1. The Hall–Kier alpha value is -1.56. The molecule has 0 aromatic heterocycles. The van der Waals surface area contributed by atoms with Crippen LogP contribution in [0, 0.1) is 28.5 Å². The molecule has 2 rings (SSSR count). The Kier molecular flexibility index (Phi) is 3.06. The Morgan fingerprint density at radius 2 is 2.12 bits per heavy atom. The van der Waals surface area contributed by atoms with E-state index in [1.165, 1.54) is 25.0 Å². The van der Waals surface area contributed by atoms with Crippen LogP contribution in [-0.4, -0.2) is 6.54 Å². The molecular weight excluding hydrogens is 215 g/mol. The van der Waals surface area contributed by atoms with Gasteiger partial charge >= 0.3 is 0 Å². The number of rotatable bonds is 4. The Balaban J connectivity index is 2.05. The van der Waals surface area contributed by atoms with Gasteiger partial charge in [0, 0.05) is 12.2 Å². The zero-order chi connectivity index (χ0) is 12.5. The van der Waals surface area contributed by atoms with Crippen LogP contribution in [0.25, 0.3) is 0 Å². The molecule has 17 heavy (non-hydrogen) atoms. The van der Waals surface area contributed by atoms with Crippen LogP contribution in [0.15, 0.2) is 18.2 Å². The fraction of sp³-hybridized carbons (Fsp3) is 0.500. The van der Waals surface area contributed by atoms with Crippen molar-refractivity contribution in [2.24, 2.45) is 11.3 Å². The number of nitrogens with zero attached hydrogens (tertiary/aromatic N) is 1. The minimum absolute atomic E-state index is 0.360. The van der Waals surface area contributed by atoms with Crippen molar-refractivity contribution in [1.29, 1.82) is 5.26 Å². The molecule has 1 saturated carbocycles. The number of benzene rings is 1. The van der Waals surface area contributed by atoms with Gasteiger partial charge in [-0.3, -0.25) is 0 Å². The molecule has 1 aliphatic rings. The van der Waals surface area contributed by atoms with Crippen molar-refractivity contribution in [2.75, 3.05) is 11.9 Å². The maximum atomic E-state index is 13.2. The Bertz CT molecular complexity index is 456. The van der Waals surface area contributed by atoms with Gasteiger partial charge in [0.1, 0.15) is 5.82 Å². The lowest BCUT2D eigenvalue weighted by atomic mass is 9.92. The van der Waals surface area contributed by atoms with Crippen LogP contribution in [0.2, 0.25) is 0 Å². The van der Waals surface area contributed by atoms with Crippen LogP contribution in [0.3, 0.4) is 0 Å². The van der Waals surface area contributed by atoms with Crippen molar-refractivity contribution in [3.05, 3.63) is 29.6 Å². The SMILES string of the molecule is CC(C)C1(CNc2cc(F)cc(C#N)c2)CC1. The maximum absolute atomic E-state index is 13.2. The molecule has 0 aliphatic heterocycles. The van der Waals surface area contributed by atoms with E-state index in [-0.39, 0.29) is 5.82 Å². The van der Waals surface area contributed by atoms with Gasteiger partial charge in [-0.05, 0) is 42.4 Å². The van der Waals surface area contributed by atoms with E-state index in [0.717, 1.165) is 6.54 Å². The van der Waals surface area contributed by atoms with Crippen molar-refractivity contribution < 1.29 is 4.39 Å². The van der Waals surface area contributed by atoms with E-state index in [2.05, 4.69) is 19.2 Å². The van der Waals surface area contributed by atoms with Gasteiger partial charge in [0.25, 0.3) is 0 Å². The molecule has 1 aromatic rings. The molecule has 0 amide bonds. The van der Waals surface area contributed by atoms with Gasteiger partial charge < -0.3 is 5.32 Å². The molecule has 0 atom stereocenters. The second-order valence-corrected chi connectivity index (χ2v) is 5.21. The summed E-state index contributed by atoms with van der Waals surface area (Å²) in [5.74, 6) is 0.278. The topological polar surface area (TPSA) is 35.8 Å². The second kappa shape index (κ2) is 4.37. The van der Waals surface area contributed by atoms with Crippen LogP contribution < -0.4 is 5.32 Å². The molecule has 2 nitrogen and oxygen atoms in total. The zero-order valence-corrected chi connectivity index (χ0v) is 10.3. The number of halogens is 1. The van der Waals surface area contributed by atoms with Crippen molar-refractivity contribution in [1.82, 2.24) is 0 Å². The van der Waals surface area contributed by atoms with Crippen molar-refractivity contribution in [2.45, 2.75) is 26.7 Å². The molecule has 0 radical (unpaired) electrons. The monoisotopic (exact) mass is 232 g/mol. The lowest BCUT2D eigenvalue weighted by Gasteiger charge is -2.20. The minimum atomic E-state index is -0.360. The fourth-order valence-electron chi connectivity index (χ4n) is 2.15. The number of hydrogen-bond donors (Lipinski definition) is 1. The summed E-state index contributed by atoms with van der Waals surface area (Å²) in [5, 5.41) is 12.0. The van der Waals surface area contributed by atoms with E-state index >= 15 is 0 Å². The second-order valence-electron chi connectivity index (χ2n) is 5.21. The Labute approximate surface area is 101 Å². The molecule has 1 aliphatic carbocycles. The molecule has 1 N–H and O–H groups in total. The van der Waals surface area contributed by atoms with Crippen molar-refractivity contribution in [3.63, 3.8) is 0 Å². The van der Waals surface area contributed by atoms with Gasteiger partial charge in [0.15, 0.2) is 0 Å². The highest BCUT2D eigenvalue weighted by Crippen LogP contribution is 2.51. The summed E-state index contributed by atoms with van der Waals surface area (Å²) in [6, 6.07) is 6.35. The van der Waals surface area contributed by atoms with Crippen LogP contribution in [0.4, 0.5) is 10.1 Å². The van der Waals surface area contributed by atoms with E-state index in [4.69, 9.17) is 5.26 Å². The summed E-state index contributed by atoms with van der Waals surface area (Å²) >= 11 is 0. The molecule has 0 spiro atoms. The largest absolute Gasteiger partial charge is 0.384 e. The average Bonchev–Trinajstić information content (AvgIpc) is 3.06. The van der Waals surface area contributed by atoms with Crippen molar-refractivity contribution >= 4 is 5.69 Å². The van der Waals surface area contributed by atoms with Gasteiger partial charge in [-0.1, -0.05) is 13.8 Å². The lowest BCUT2D eigenvalue weighted by Crippen LogP contribution is -2.20. The Morgan fingerprint density at radius 3 is 2.65 bits per heavy atom. The van der Waals surface area contributed by atoms with Gasteiger partial charge in [-0.25, -0.2) is 4.39 Å². The van der Waals surface area contributed by atoms with Crippen LogP contribution in [0.5, 0.6) is 0 Å². The first-order chi connectivity index (χ1) is 8.05. The highest BCUT2D eigenvalue weighted by molar-refractivity contribution is 5.50. The summed E-state index contributed by atoms with van der Waals surface area (Å²) in [4.78, 5) is 0. The zero-order valence-electron chi connectivity index (χ0n) is 10.3. The van der Waals surface area contributed by atoms with Gasteiger partial charge in [0.05, 0.1) is 11.6 Å². The molecule has 3 heteroatoms. The first-order valence-electron chi connectivity index (χ1n) is 6.00. The quantitative estimate of drug-likeness (QED) is 0.861. The predicted molar refractivity (Wildman–Crippen MR) is 66.1 cm³/mol. The van der Waals surface area contributed by atoms with E-state index in [9.17, 15) is 4.39 Å². The normalized spacial score (nSPS) is 16.6. The van der Waals surface area contributed by atoms with Crippen LogP contribution >= 0.6 is 0 Å². The standard InChI is InChI=1S/C14H17FN2/c1-10(2)14(3-4-14)9-17-13-6-11(8-16)5-12(15)7-13/h5-7,10,17H,3-4,9H2,1-2H3. The first-order valence-corrected chi connectivity index (χ1v) is 6.00. The molecule has 90 valence electrons. The Morgan fingerprint density at radius 1 is 1.41 bits per heavy atom. The first kappa shape index (κ1) is 11.9. The lowest BCUT2D eigenvalue weighted by molar-refractivity contribution is 0.380. The third-order valence-electron chi connectivity index (χ3n) is 3.79. The highest BCUT2D eigenvalue weighted by Gasteiger charge is 2.44. The maximum Gasteiger partial charge on any atom is 0.126 e. The van der Waals surface area contributed by atoms with E-state index in [0.29, 0.717) is 22.6 Å². The van der Waals surface area contributed by atoms with Crippen LogP contribution in [0.1, 0.15) is 32.3 Å². The van der Waals surface area contributed by atoms with Gasteiger partial charge in [-0.2, -0.15) is 5.26 Å². The van der Waals surface area contributed by atoms with E-state index in [1.807, 2.05) is 6.07 Å². The molecule has 1 fully saturated rings. The minimum Gasteiger partial charge on any atom is -0.384 e. The third-order valence-corrected chi connectivity index (χ3v) is 3.79. The van der Waals surface area contributed by atoms with Crippen molar-refractivity contribution in [3.8, 4) is 6.07 Å². The summed E-state index contributed by atoms with van der Waals surface area (Å²) in [6.45, 7) is 5.31. The molecule has 0 heterocycles. The molecule has 1 aromatic carbocycles. The van der Waals surface area contributed by atoms with E-state index < -0.39 is 0 Å². The summed E-state index contributed by atoms with van der Waals surface area (Å²) < 4.78 is 13.2. The number of nitrogens with one attached hydrogen (secondary N) is 1. The predicted octanol–water partition coefficient (Wildman–Crippen LogP) is 3.55. The molecule has 0 bridgehead atoms. The van der Waals surface area contributed by atoms with Gasteiger partial charge in [-0.15, -0.1) is 0 Å². The number of nitriles is 1. The van der Waals surface area contributed by atoms with Crippen LogP contribution in [-0.2, 0) is 0 Å². The summed E-state index contributed by atoms with van der Waals surface area (Å²) in [5.41, 5.74) is 1.44. The fourth-order valence-corrected chi connectivity index (χ4v) is 2.15. The number of hydrogen-bond acceptors (Lipinski definition) is 2. The molecule has 0 unspecified atom stereocenters. The molecular formula is C14H17FN2. The van der Waals surface area contributed by atoms with Gasteiger partial charge in [0.2, 0.25) is 0 Å². The summed E-state index contributed by atoms with van der Waals surface area (Å²) in [7, 11) is 0. The third kappa shape index (κ3) is 2.58. The number of anilines is 1. The smallest absolute Gasteiger partial charge is 0.126 e. The average molecular weight is 232 g/mol.